The van der Waals surface area contributed by atoms with Crippen LogP contribution in [0.15, 0.2) is 40.9 Å². The molecule has 0 fully saturated rings. The summed E-state index contributed by atoms with van der Waals surface area (Å²) in [5.74, 6) is 1.91. The quantitative estimate of drug-likeness (QED) is 0.469. The van der Waals surface area contributed by atoms with Crippen molar-refractivity contribution in [3.63, 3.8) is 0 Å². The lowest BCUT2D eigenvalue weighted by Gasteiger charge is -2.16. The molecule has 1 heterocycles. The van der Waals surface area contributed by atoms with E-state index in [2.05, 4.69) is 24.3 Å². The maximum Gasteiger partial charge on any atom is 0.253 e. The van der Waals surface area contributed by atoms with E-state index in [4.69, 9.17) is 37.2 Å². The predicted molar refractivity (Wildman–Crippen MR) is 116 cm³/mol. The molecule has 3 rings (SSSR count). The van der Waals surface area contributed by atoms with Crippen LogP contribution in [0, 0.1) is 6.92 Å². The third kappa shape index (κ3) is 4.89. The molecule has 0 atom stereocenters. The van der Waals surface area contributed by atoms with E-state index in [-0.39, 0.29) is 34.7 Å². The van der Waals surface area contributed by atoms with E-state index in [9.17, 15) is 4.79 Å². The molecule has 1 N–H and O–H groups in total. The minimum absolute atomic E-state index is 0.121. The first kappa shape index (κ1) is 22.0. The molecule has 2 aromatic carbocycles. The van der Waals surface area contributed by atoms with Gasteiger partial charge in [0.25, 0.3) is 5.91 Å². The highest BCUT2D eigenvalue weighted by molar-refractivity contribution is 6.39. The summed E-state index contributed by atoms with van der Waals surface area (Å²) in [6.07, 6.45) is 0. The molecule has 6 nitrogen and oxygen atoms in total. The van der Waals surface area contributed by atoms with E-state index in [1.807, 2.05) is 12.1 Å². The van der Waals surface area contributed by atoms with Gasteiger partial charge in [-0.25, -0.2) is 0 Å². The third-order valence-electron chi connectivity index (χ3n) is 4.44. The molecule has 0 saturated carbocycles. The normalized spacial score (nSPS) is 10.9. The molecule has 0 aliphatic heterocycles. The summed E-state index contributed by atoms with van der Waals surface area (Å²) < 4.78 is 16.5. The van der Waals surface area contributed by atoms with E-state index >= 15 is 0 Å². The molecule has 0 spiro atoms. The van der Waals surface area contributed by atoms with E-state index in [0.29, 0.717) is 16.5 Å². The van der Waals surface area contributed by atoms with Crippen molar-refractivity contribution in [3.8, 4) is 17.2 Å². The van der Waals surface area contributed by atoms with Crippen molar-refractivity contribution in [1.82, 2.24) is 10.5 Å². The molecule has 8 heteroatoms. The van der Waals surface area contributed by atoms with Crippen LogP contribution < -0.4 is 14.8 Å². The molecule has 0 aliphatic carbocycles. The summed E-state index contributed by atoms with van der Waals surface area (Å²) in [5, 5.41) is 6.95. The summed E-state index contributed by atoms with van der Waals surface area (Å²) in [5.41, 5.74) is 1.96. The first-order valence-corrected chi connectivity index (χ1v) is 10.1. The number of carbonyl (C=O) groups is 1. The number of hydrogen-bond acceptors (Lipinski definition) is 5. The monoisotopic (exact) mass is 448 g/mol. The Morgan fingerprint density at radius 1 is 1.20 bits per heavy atom. The summed E-state index contributed by atoms with van der Waals surface area (Å²) in [4.78, 5) is 12.6. The standard InChI is InChI=1S/C22H22Cl2N2O4/c1-12(2)17-10-14(5-8-19(17)28-4)29-21-18(23)7-6-16(20(21)24)22(27)25-11-15-9-13(3)26-30-15/h5-10,12H,11H2,1-4H3,(H,25,27). The maximum absolute atomic E-state index is 12.6. The van der Waals surface area contributed by atoms with Gasteiger partial charge in [0.1, 0.15) is 11.5 Å². The van der Waals surface area contributed by atoms with Crippen molar-refractivity contribution in [1.29, 1.82) is 0 Å². The lowest BCUT2D eigenvalue weighted by atomic mass is 10.0. The Labute approximate surface area is 185 Å². The van der Waals surface area contributed by atoms with Crippen molar-refractivity contribution in [2.75, 3.05) is 7.11 Å². The van der Waals surface area contributed by atoms with Crippen LogP contribution in [0.1, 0.15) is 47.1 Å². The maximum atomic E-state index is 12.6. The summed E-state index contributed by atoms with van der Waals surface area (Å²) in [7, 11) is 1.62. The highest BCUT2D eigenvalue weighted by Crippen LogP contribution is 2.40. The number of carbonyl (C=O) groups excluding carboxylic acids is 1. The molecule has 3 aromatic rings. The van der Waals surface area contributed by atoms with Gasteiger partial charge in [0.2, 0.25) is 0 Å². The van der Waals surface area contributed by atoms with Gasteiger partial charge in [0.05, 0.1) is 35.0 Å². The SMILES string of the molecule is COc1ccc(Oc2c(Cl)ccc(C(=O)NCc3cc(C)no3)c2Cl)cc1C(C)C. The van der Waals surface area contributed by atoms with Gasteiger partial charge in [0.15, 0.2) is 11.5 Å². The van der Waals surface area contributed by atoms with Crippen LogP contribution >= 0.6 is 23.2 Å². The summed E-state index contributed by atoms with van der Waals surface area (Å²) in [6, 6.07) is 10.3. The topological polar surface area (TPSA) is 73.6 Å². The van der Waals surface area contributed by atoms with Crippen molar-refractivity contribution in [2.45, 2.75) is 33.2 Å². The molecule has 0 aliphatic rings. The Morgan fingerprint density at radius 3 is 2.60 bits per heavy atom. The number of nitrogens with zero attached hydrogens (tertiary/aromatic N) is 1. The zero-order valence-electron chi connectivity index (χ0n) is 17.1. The summed E-state index contributed by atoms with van der Waals surface area (Å²) >= 11 is 12.8. The zero-order chi connectivity index (χ0) is 21.8. The fourth-order valence-electron chi connectivity index (χ4n) is 2.91. The third-order valence-corrected chi connectivity index (χ3v) is 5.11. The fraction of sp³-hybridized carbons (Fsp3) is 0.273. The van der Waals surface area contributed by atoms with Crippen LogP contribution in [0.4, 0.5) is 0 Å². The van der Waals surface area contributed by atoms with Crippen molar-refractivity contribution in [3.05, 3.63) is 69.0 Å². The first-order chi connectivity index (χ1) is 14.3. The van der Waals surface area contributed by atoms with Gasteiger partial charge in [-0.05, 0) is 43.2 Å². The van der Waals surface area contributed by atoms with Gasteiger partial charge < -0.3 is 19.3 Å². The lowest BCUT2D eigenvalue weighted by Crippen LogP contribution is -2.23. The number of aryl methyl sites for hydroxylation is 1. The van der Waals surface area contributed by atoms with E-state index < -0.39 is 0 Å². The van der Waals surface area contributed by atoms with Crippen LogP contribution in [0.25, 0.3) is 0 Å². The van der Waals surface area contributed by atoms with E-state index in [1.165, 1.54) is 0 Å². The number of rotatable bonds is 7. The molecule has 30 heavy (non-hydrogen) atoms. The molecule has 1 aromatic heterocycles. The first-order valence-electron chi connectivity index (χ1n) is 9.34. The van der Waals surface area contributed by atoms with Crippen LogP contribution in [0.3, 0.4) is 0 Å². The Bertz CT molecular complexity index is 1060. The average molecular weight is 449 g/mol. The average Bonchev–Trinajstić information content (AvgIpc) is 3.14. The van der Waals surface area contributed by atoms with Crippen molar-refractivity contribution >= 4 is 29.1 Å². The smallest absolute Gasteiger partial charge is 0.253 e. The van der Waals surface area contributed by atoms with Crippen LogP contribution in [0.2, 0.25) is 10.0 Å². The Hall–Kier alpha value is -2.70. The Morgan fingerprint density at radius 2 is 1.97 bits per heavy atom. The Kier molecular flexibility index (Phi) is 6.90. The minimum Gasteiger partial charge on any atom is -0.496 e. The number of aromatic nitrogens is 1. The van der Waals surface area contributed by atoms with Crippen LogP contribution in [-0.2, 0) is 6.54 Å². The molecule has 158 valence electrons. The lowest BCUT2D eigenvalue weighted by molar-refractivity contribution is 0.0947. The van der Waals surface area contributed by atoms with Gasteiger partial charge >= 0.3 is 0 Å². The number of halogens is 2. The van der Waals surface area contributed by atoms with E-state index in [0.717, 1.165) is 17.0 Å². The van der Waals surface area contributed by atoms with Crippen LogP contribution in [0.5, 0.6) is 17.2 Å². The number of benzene rings is 2. The summed E-state index contributed by atoms with van der Waals surface area (Å²) in [6.45, 7) is 6.11. The van der Waals surface area contributed by atoms with Gasteiger partial charge in [-0.3, -0.25) is 4.79 Å². The highest BCUT2D eigenvalue weighted by Gasteiger charge is 2.19. The number of hydrogen-bond donors (Lipinski definition) is 1. The Balaban J connectivity index is 1.84. The molecular formula is C22H22Cl2N2O4. The fourth-order valence-corrected chi connectivity index (χ4v) is 3.44. The number of ether oxygens (including phenoxy) is 2. The van der Waals surface area contributed by atoms with E-state index in [1.54, 1.807) is 38.3 Å². The highest BCUT2D eigenvalue weighted by atomic mass is 35.5. The molecule has 1 amide bonds. The number of methoxy groups -OCH3 is 1. The number of amides is 1. The predicted octanol–water partition coefficient (Wildman–Crippen LogP) is 6.14. The molecule has 0 radical (unpaired) electrons. The number of nitrogens with one attached hydrogen (secondary N) is 1. The minimum atomic E-state index is -0.381. The second-order valence-electron chi connectivity index (χ2n) is 7.02. The van der Waals surface area contributed by atoms with Gasteiger partial charge in [-0.1, -0.05) is 42.2 Å². The second kappa shape index (κ2) is 9.41. The molecule has 0 unspecified atom stereocenters. The molecular weight excluding hydrogens is 427 g/mol. The van der Waals surface area contributed by atoms with Crippen molar-refractivity contribution < 1.29 is 18.8 Å². The van der Waals surface area contributed by atoms with Crippen LogP contribution in [-0.4, -0.2) is 18.2 Å². The largest absolute Gasteiger partial charge is 0.496 e. The van der Waals surface area contributed by atoms with Gasteiger partial charge in [-0.2, -0.15) is 0 Å². The second-order valence-corrected chi connectivity index (χ2v) is 7.80. The van der Waals surface area contributed by atoms with Gasteiger partial charge in [0, 0.05) is 11.6 Å². The van der Waals surface area contributed by atoms with Gasteiger partial charge in [-0.15, -0.1) is 0 Å². The molecule has 0 bridgehead atoms. The zero-order valence-corrected chi connectivity index (χ0v) is 18.6. The molecule has 0 saturated heterocycles. The van der Waals surface area contributed by atoms with Crippen molar-refractivity contribution in [2.24, 2.45) is 0 Å².